The van der Waals surface area contributed by atoms with E-state index < -0.39 is 0 Å². The third kappa shape index (κ3) is 2.58. The number of hydrogen-bond acceptors (Lipinski definition) is 2. The zero-order valence-electron chi connectivity index (χ0n) is 17.6. The van der Waals surface area contributed by atoms with Crippen molar-refractivity contribution in [3.63, 3.8) is 0 Å². The number of rotatable bonds is 5. The van der Waals surface area contributed by atoms with Crippen molar-refractivity contribution in [2.45, 2.75) is 85.5 Å². The summed E-state index contributed by atoms with van der Waals surface area (Å²) in [7, 11) is 0. The number of hydrogen-bond donors (Lipinski definition) is 0. The van der Waals surface area contributed by atoms with Crippen LogP contribution in [0.1, 0.15) is 85.5 Å². The molecule has 0 aromatic carbocycles. The molecule has 0 N–H and O–H groups in total. The third-order valence-electron chi connectivity index (χ3n) is 8.83. The Morgan fingerprint density at radius 3 is 2.63 bits per heavy atom. The fraction of sp³-hybridized carbons (Fsp3) is 0.760. The minimum Gasteiger partial charge on any atom is -0.299 e. The number of ketones is 2. The lowest BCUT2D eigenvalue weighted by molar-refractivity contribution is -0.121. The summed E-state index contributed by atoms with van der Waals surface area (Å²) in [5.41, 5.74) is 3.36. The van der Waals surface area contributed by atoms with E-state index in [1.807, 2.05) is 13.0 Å². The van der Waals surface area contributed by atoms with Gasteiger partial charge in [0.2, 0.25) is 0 Å². The zero-order valence-corrected chi connectivity index (χ0v) is 17.6. The summed E-state index contributed by atoms with van der Waals surface area (Å²) in [6.07, 6.45) is 13.8. The highest BCUT2D eigenvalue weighted by atomic mass is 16.1. The summed E-state index contributed by atoms with van der Waals surface area (Å²) in [6.45, 7) is 9.02. The second-order valence-electron chi connectivity index (χ2n) is 9.80. The van der Waals surface area contributed by atoms with Crippen molar-refractivity contribution in [2.75, 3.05) is 0 Å². The normalized spacial score (nSPS) is 42.9. The lowest BCUT2D eigenvalue weighted by Gasteiger charge is -2.52. The monoisotopic (exact) mass is 368 g/mol. The molecule has 0 aromatic rings. The van der Waals surface area contributed by atoms with Crippen LogP contribution >= 0.6 is 0 Å². The average Bonchev–Trinajstić information content (AvgIpc) is 3.31. The molecule has 6 atom stereocenters. The zero-order chi connectivity index (χ0) is 19.4. The van der Waals surface area contributed by atoms with E-state index in [9.17, 15) is 9.59 Å². The lowest BCUT2D eigenvalue weighted by Crippen LogP contribution is -2.43. The van der Waals surface area contributed by atoms with Gasteiger partial charge < -0.3 is 0 Å². The molecule has 0 amide bonds. The maximum Gasteiger partial charge on any atom is 0.155 e. The van der Waals surface area contributed by atoms with Crippen LogP contribution in [0.5, 0.6) is 0 Å². The van der Waals surface area contributed by atoms with Crippen LogP contribution in [0.3, 0.4) is 0 Å². The van der Waals surface area contributed by atoms with E-state index in [4.69, 9.17) is 0 Å². The second kappa shape index (κ2) is 6.71. The van der Waals surface area contributed by atoms with Crippen LogP contribution in [0, 0.1) is 34.5 Å². The Labute approximate surface area is 164 Å². The van der Waals surface area contributed by atoms with Gasteiger partial charge in [-0.3, -0.25) is 9.59 Å². The Hall–Kier alpha value is -1.18. The van der Waals surface area contributed by atoms with Crippen LogP contribution in [-0.2, 0) is 9.59 Å². The smallest absolute Gasteiger partial charge is 0.155 e. The largest absolute Gasteiger partial charge is 0.299 e. The summed E-state index contributed by atoms with van der Waals surface area (Å²) in [5, 5.41) is 0. The number of allylic oxidation sites excluding steroid dienone is 4. The molecule has 0 saturated heterocycles. The molecule has 2 fully saturated rings. The highest BCUT2D eigenvalue weighted by Crippen LogP contribution is 2.74. The van der Waals surface area contributed by atoms with Gasteiger partial charge >= 0.3 is 0 Å². The molecule has 27 heavy (non-hydrogen) atoms. The third-order valence-corrected chi connectivity index (χ3v) is 8.83. The summed E-state index contributed by atoms with van der Waals surface area (Å²) < 4.78 is 0. The fourth-order valence-corrected chi connectivity index (χ4v) is 7.59. The summed E-state index contributed by atoms with van der Waals surface area (Å²) in [4.78, 5) is 24.8. The van der Waals surface area contributed by atoms with Crippen molar-refractivity contribution in [3.8, 4) is 0 Å². The standard InChI is InChI=1S/C25H36O2/c1-5-8-21-18-10-9-16-15-17(26)11-13-24(16,4)20(18)12-14-25(21)19(6-2)23(25)22(27)7-3/h12,15,18-19,21,23H,5-11,13-14H2,1-4H3. The van der Waals surface area contributed by atoms with Crippen LogP contribution in [0.4, 0.5) is 0 Å². The van der Waals surface area contributed by atoms with Crippen LogP contribution in [-0.4, -0.2) is 11.6 Å². The van der Waals surface area contributed by atoms with Crippen molar-refractivity contribution in [2.24, 2.45) is 34.5 Å². The summed E-state index contributed by atoms with van der Waals surface area (Å²) >= 11 is 0. The van der Waals surface area contributed by atoms with Crippen LogP contribution in [0.25, 0.3) is 0 Å². The van der Waals surface area contributed by atoms with E-state index >= 15 is 0 Å². The van der Waals surface area contributed by atoms with Gasteiger partial charge in [0.25, 0.3) is 0 Å². The fourth-order valence-electron chi connectivity index (χ4n) is 7.59. The second-order valence-corrected chi connectivity index (χ2v) is 9.80. The van der Waals surface area contributed by atoms with Gasteiger partial charge in [-0.1, -0.05) is 57.8 Å². The van der Waals surface area contributed by atoms with E-state index in [1.54, 1.807) is 5.57 Å². The highest BCUT2D eigenvalue weighted by molar-refractivity contribution is 5.92. The first kappa shape index (κ1) is 19.2. The Kier molecular flexibility index (Phi) is 4.76. The number of Topliss-reactive ketones (excluding diaryl/α,β-unsaturated/α-hetero) is 1. The topological polar surface area (TPSA) is 34.1 Å². The Morgan fingerprint density at radius 1 is 1.19 bits per heavy atom. The molecule has 0 aliphatic heterocycles. The van der Waals surface area contributed by atoms with Crippen LogP contribution in [0.2, 0.25) is 0 Å². The highest BCUT2D eigenvalue weighted by Gasteiger charge is 2.70. The van der Waals surface area contributed by atoms with Crippen molar-refractivity contribution in [1.82, 2.24) is 0 Å². The van der Waals surface area contributed by atoms with Crippen molar-refractivity contribution < 1.29 is 9.59 Å². The predicted molar refractivity (Wildman–Crippen MR) is 109 cm³/mol. The number of fused-ring (bicyclic) bond motifs is 3. The van der Waals surface area contributed by atoms with Crippen molar-refractivity contribution in [3.05, 3.63) is 23.3 Å². The maximum atomic E-state index is 12.8. The lowest BCUT2D eigenvalue weighted by atomic mass is 9.52. The molecule has 0 radical (unpaired) electrons. The molecule has 4 aliphatic carbocycles. The molecule has 0 bridgehead atoms. The Balaban J connectivity index is 1.75. The van der Waals surface area contributed by atoms with E-state index in [1.165, 1.54) is 24.8 Å². The van der Waals surface area contributed by atoms with Crippen molar-refractivity contribution >= 4 is 11.6 Å². The first-order valence-corrected chi connectivity index (χ1v) is 11.4. The average molecular weight is 369 g/mol. The minimum atomic E-state index is 0.102. The Bertz CT molecular complexity index is 714. The van der Waals surface area contributed by atoms with Crippen LogP contribution < -0.4 is 0 Å². The molecule has 0 heterocycles. The van der Waals surface area contributed by atoms with Crippen molar-refractivity contribution in [1.29, 1.82) is 0 Å². The van der Waals surface area contributed by atoms with Crippen LogP contribution in [0.15, 0.2) is 23.3 Å². The molecule has 148 valence electrons. The molecule has 1 spiro atoms. The molecule has 0 aromatic heterocycles. The molecular formula is C25H36O2. The summed E-state index contributed by atoms with van der Waals surface area (Å²) in [5.74, 6) is 3.00. The van der Waals surface area contributed by atoms with Gasteiger partial charge in [0.15, 0.2) is 5.78 Å². The molecule has 2 saturated carbocycles. The first-order chi connectivity index (χ1) is 12.9. The molecule has 6 unspecified atom stereocenters. The van der Waals surface area contributed by atoms with E-state index in [2.05, 4.69) is 26.8 Å². The van der Waals surface area contributed by atoms with Gasteiger partial charge in [-0.25, -0.2) is 0 Å². The van der Waals surface area contributed by atoms with Gasteiger partial charge in [0.05, 0.1) is 0 Å². The minimum absolute atomic E-state index is 0.102. The number of carbonyl (C=O) groups is 2. The molecule has 2 nitrogen and oxygen atoms in total. The van der Waals surface area contributed by atoms with Gasteiger partial charge in [-0.15, -0.1) is 0 Å². The van der Waals surface area contributed by atoms with Gasteiger partial charge in [-0.05, 0) is 61.3 Å². The Morgan fingerprint density at radius 2 is 1.96 bits per heavy atom. The molecule has 4 aliphatic rings. The molecular weight excluding hydrogens is 332 g/mol. The van der Waals surface area contributed by atoms with E-state index in [0.29, 0.717) is 48.1 Å². The van der Waals surface area contributed by atoms with Gasteiger partial charge in [-0.2, -0.15) is 0 Å². The van der Waals surface area contributed by atoms with E-state index in [-0.39, 0.29) is 10.8 Å². The maximum absolute atomic E-state index is 12.8. The quantitative estimate of drug-likeness (QED) is 0.553. The van der Waals surface area contributed by atoms with Gasteiger partial charge in [0, 0.05) is 24.2 Å². The number of carbonyl (C=O) groups excluding carboxylic acids is 2. The van der Waals surface area contributed by atoms with Gasteiger partial charge in [0.1, 0.15) is 5.78 Å². The summed E-state index contributed by atoms with van der Waals surface area (Å²) in [6, 6.07) is 0. The van der Waals surface area contributed by atoms with E-state index in [0.717, 1.165) is 25.7 Å². The predicted octanol–water partition coefficient (Wildman–Crippen LogP) is 6.06. The SMILES string of the molecule is CCCC1C2CCC3=CC(=O)CCC3(C)C2=CCC12C(CC)C2C(=O)CC. The first-order valence-electron chi connectivity index (χ1n) is 11.4. The molecule has 4 rings (SSSR count). The molecule has 2 heteroatoms.